The molecule has 1 atom stereocenters. The van der Waals surface area contributed by atoms with Gasteiger partial charge in [-0.05, 0) is 37.5 Å². The summed E-state index contributed by atoms with van der Waals surface area (Å²) >= 11 is 0. The molecule has 16 heavy (non-hydrogen) atoms. The second-order valence-electron chi connectivity index (χ2n) is 4.28. The van der Waals surface area contributed by atoms with Gasteiger partial charge < -0.3 is 10.6 Å². The Morgan fingerprint density at radius 3 is 2.25 bits per heavy atom. The van der Waals surface area contributed by atoms with Crippen molar-refractivity contribution in [3.05, 3.63) is 35.9 Å². The molecule has 2 N–H and O–H groups in total. The van der Waals surface area contributed by atoms with Gasteiger partial charge in [0, 0.05) is 6.54 Å². The van der Waals surface area contributed by atoms with Crippen LogP contribution in [-0.2, 0) is 6.42 Å². The van der Waals surface area contributed by atoms with E-state index >= 15 is 0 Å². The first kappa shape index (κ1) is 13.2. The number of rotatable bonds is 7. The highest BCUT2D eigenvalue weighted by Crippen LogP contribution is 2.09. The largest absolute Gasteiger partial charge is 0.330 e. The first-order valence-electron chi connectivity index (χ1n) is 6.26. The van der Waals surface area contributed by atoms with Crippen LogP contribution in [0.5, 0.6) is 0 Å². The lowest BCUT2D eigenvalue weighted by Gasteiger charge is -2.24. The summed E-state index contributed by atoms with van der Waals surface area (Å²) in [6.45, 7) is 8.52. The van der Waals surface area contributed by atoms with E-state index in [4.69, 9.17) is 5.73 Å². The van der Waals surface area contributed by atoms with Crippen LogP contribution in [0.2, 0.25) is 0 Å². The molecular formula is C14H24N2. The van der Waals surface area contributed by atoms with Crippen LogP contribution in [0.15, 0.2) is 30.3 Å². The van der Waals surface area contributed by atoms with Crippen molar-refractivity contribution in [2.45, 2.75) is 20.3 Å². The van der Waals surface area contributed by atoms with Crippen LogP contribution in [0.25, 0.3) is 0 Å². The van der Waals surface area contributed by atoms with Gasteiger partial charge in [-0.25, -0.2) is 0 Å². The average molecular weight is 220 g/mol. The van der Waals surface area contributed by atoms with Crippen molar-refractivity contribution in [2.75, 3.05) is 26.2 Å². The summed E-state index contributed by atoms with van der Waals surface area (Å²) in [5, 5.41) is 0. The molecule has 0 heterocycles. The van der Waals surface area contributed by atoms with Gasteiger partial charge in [-0.1, -0.05) is 44.2 Å². The van der Waals surface area contributed by atoms with E-state index in [1.807, 2.05) is 0 Å². The fourth-order valence-electron chi connectivity index (χ4n) is 2.02. The summed E-state index contributed by atoms with van der Waals surface area (Å²) in [5.74, 6) is 0.572. The monoisotopic (exact) mass is 220 g/mol. The molecule has 0 aromatic heterocycles. The van der Waals surface area contributed by atoms with Crippen molar-refractivity contribution in [3.63, 3.8) is 0 Å². The van der Waals surface area contributed by atoms with E-state index in [2.05, 4.69) is 49.1 Å². The van der Waals surface area contributed by atoms with E-state index in [9.17, 15) is 0 Å². The highest BCUT2D eigenvalue weighted by molar-refractivity contribution is 5.15. The molecule has 0 saturated carbocycles. The minimum Gasteiger partial charge on any atom is -0.330 e. The molecule has 0 amide bonds. The predicted octanol–water partition coefficient (Wildman–Crippen LogP) is 2.15. The smallest absolute Gasteiger partial charge is 0.00247 e. The lowest BCUT2D eigenvalue weighted by atomic mass is 9.99. The number of nitrogens with zero attached hydrogens (tertiary/aromatic N) is 1. The predicted molar refractivity (Wildman–Crippen MR) is 70.5 cm³/mol. The van der Waals surface area contributed by atoms with Gasteiger partial charge in [0.15, 0.2) is 0 Å². The van der Waals surface area contributed by atoms with Gasteiger partial charge in [-0.2, -0.15) is 0 Å². The lowest BCUT2D eigenvalue weighted by Crippen LogP contribution is -2.33. The van der Waals surface area contributed by atoms with Crippen LogP contribution in [0.4, 0.5) is 0 Å². The Balaban J connectivity index is 2.49. The highest BCUT2D eigenvalue weighted by Gasteiger charge is 2.11. The molecule has 1 unspecified atom stereocenters. The van der Waals surface area contributed by atoms with Gasteiger partial charge in [-0.3, -0.25) is 0 Å². The fourth-order valence-corrected chi connectivity index (χ4v) is 2.02. The number of benzene rings is 1. The first-order chi connectivity index (χ1) is 7.80. The molecule has 1 aromatic carbocycles. The van der Waals surface area contributed by atoms with Gasteiger partial charge >= 0.3 is 0 Å². The van der Waals surface area contributed by atoms with Crippen LogP contribution in [0.3, 0.4) is 0 Å². The maximum Gasteiger partial charge on any atom is 0.00247 e. The van der Waals surface area contributed by atoms with Gasteiger partial charge in [-0.15, -0.1) is 0 Å². The molecule has 0 aliphatic carbocycles. The average Bonchev–Trinajstić information content (AvgIpc) is 2.35. The maximum atomic E-state index is 5.85. The third-order valence-electron chi connectivity index (χ3n) is 3.11. The Bertz CT molecular complexity index is 267. The van der Waals surface area contributed by atoms with E-state index in [0.29, 0.717) is 5.92 Å². The zero-order valence-corrected chi connectivity index (χ0v) is 10.5. The third kappa shape index (κ3) is 4.33. The van der Waals surface area contributed by atoms with Gasteiger partial charge in [0.25, 0.3) is 0 Å². The van der Waals surface area contributed by atoms with Crippen LogP contribution < -0.4 is 5.73 Å². The second kappa shape index (κ2) is 7.42. The van der Waals surface area contributed by atoms with E-state index < -0.39 is 0 Å². The molecule has 0 aliphatic heterocycles. The first-order valence-corrected chi connectivity index (χ1v) is 6.26. The van der Waals surface area contributed by atoms with Crippen molar-refractivity contribution >= 4 is 0 Å². The Morgan fingerprint density at radius 2 is 1.75 bits per heavy atom. The van der Waals surface area contributed by atoms with Gasteiger partial charge in [0.2, 0.25) is 0 Å². The summed E-state index contributed by atoms with van der Waals surface area (Å²) in [4.78, 5) is 2.44. The maximum absolute atomic E-state index is 5.85. The molecule has 0 bridgehead atoms. The number of nitrogens with two attached hydrogens (primary N) is 1. The molecule has 0 spiro atoms. The molecule has 0 radical (unpaired) electrons. The second-order valence-corrected chi connectivity index (χ2v) is 4.28. The Labute approximate surface area is 99.5 Å². The van der Waals surface area contributed by atoms with Crippen molar-refractivity contribution in [3.8, 4) is 0 Å². The zero-order chi connectivity index (χ0) is 11.8. The Hall–Kier alpha value is -0.860. The molecule has 0 saturated heterocycles. The van der Waals surface area contributed by atoms with Crippen molar-refractivity contribution in [1.29, 1.82) is 0 Å². The van der Waals surface area contributed by atoms with Crippen molar-refractivity contribution < 1.29 is 0 Å². The zero-order valence-electron chi connectivity index (χ0n) is 10.5. The molecule has 1 rings (SSSR count). The van der Waals surface area contributed by atoms with Crippen molar-refractivity contribution in [1.82, 2.24) is 4.90 Å². The minimum atomic E-state index is 0.572. The quantitative estimate of drug-likeness (QED) is 0.763. The summed E-state index contributed by atoms with van der Waals surface area (Å²) in [6.07, 6.45) is 1.09. The summed E-state index contributed by atoms with van der Waals surface area (Å²) in [7, 11) is 0. The minimum absolute atomic E-state index is 0.572. The molecule has 0 fully saturated rings. The van der Waals surface area contributed by atoms with Crippen LogP contribution in [0, 0.1) is 5.92 Å². The van der Waals surface area contributed by atoms with Crippen LogP contribution in [0.1, 0.15) is 19.4 Å². The van der Waals surface area contributed by atoms with Crippen LogP contribution in [-0.4, -0.2) is 31.1 Å². The third-order valence-corrected chi connectivity index (χ3v) is 3.11. The van der Waals surface area contributed by atoms with Gasteiger partial charge in [0.1, 0.15) is 0 Å². The lowest BCUT2D eigenvalue weighted by molar-refractivity contribution is 0.254. The highest BCUT2D eigenvalue weighted by atomic mass is 15.1. The molecule has 2 nitrogen and oxygen atoms in total. The van der Waals surface area contributed by atoms with E-state index in [1.165, 1.54) is 5.56 Å². The van der Waals surface area contributed by atoms with E-state index in [0.717, 1.165) is 32.6 Å². The summed E-state index contributed by atoms with van der Waals surface area (Å²) in [6, 6.07) is 10.6. The molecule has 0 aliphatic rings. The number of hydrogen-bond acceptors (Lipinski definition) is 2. The Kier molecular flexibility index (Phi) is 6.12. The molecule has 1 aromatic rings. The Morgan fingerprint density at radius 1 is 1.12 bits per heavy atom. The molecule has 90 valence electrons. The molecule has 2 heteroatoms. The summed E-state index contributed by atoms with van der Waals surface area (Å²) < 4.78 is 0. The standard InChI is InChI=1S/C14H24N2/c1-3-16(4-2)12-14(11-15)10-13-8-6-5-7-9-13/h5-9,14H,3-4,10-12,15H2,1-2H3. The van der Waals surface area contributed by atoms with E-state index in [1.54, 1.807) is 0 Å². The summed E-state index contributed by atoms with van der Waals surface area (Å²) in [5.41, 5.74) is 7.25. The SMILES string of the molecule is CCN(CC)CC(CN)Cc1ccccc1. The van der Waals surface area contributed by atoms with Crippen molar-refractivity contribution in [2.24, 2.45) is 11.7 Å². The molecular weight excluding hydrogens is 196 g/mol. The normalized spacial score (nSPS) is 13.0. The van der Waals surface area contributed by atoms with E-state index in [-0.39, 0.29) is 0 Å². The number of hydrogen-bond donors (Lipinski definition) is 1. The topological polar surface area (TPSA) is 29.3 Å². The van der Waals surface area contributed by atoms with Gasteiger partial charge in [0.05, 0.1) is 0 Å². The fraction of sp³-hybridized carbons (Fsp3) is 0.571. The van der Waals surface area contributed by atoms with Crippen LogP contribution >= 0.6 is 0 Å².